The fraction of sp³-hybridized carbons (Fsp3) is 0.625. The minimum atomic E-state index is -0.792. The highest BCUT2D eigenvalue weighted by Crippen LogP contribution is 2.16. The molecule has 0 spiro atoms. The van der Waals surface area contributed by atoms with Gasteiger partial charge in [0.05, 0.1) is 19.8 Å². The molecular weight excluding hydrogens is 144 g/mol. The van der Waals surface area contributed by atoms with Gasteiger partial charge < -0.3 is 9.47 Å². The van der Waals surface area contributed by atoms with Crippen LogP contribution in [0.15, 0.2) is 12.7 Å². The Morgan fingerprint density at radius 3 is 2.82 bits per heavy atom. The van der Waals surface area contributed by atoms with Crippen molar-refractivity contribution in [1.82, 2.24) is 0 Å². The molecule has 0 aliphatic carbocycles. The summed E-state index contributed by atoms with van der Waals surface area (Å²) in [7, 11) is 0. The van der Waals surface area contributed by atoms with Crippen LogP contribution in [0.25, 0.3) is 0 Å². The molecule has 0 saturated carbocycles. The van der Waals surface area contributed by atoms with Crippen LogP contribution in [-0.4, -0.2) is 31.2 Å². The second-order valence-electron chi connectivity index (χ2n) is 2.70. The fourth-order valence-corrected chi connectivity index (χ4v) is 0.993. The Morgan fingerprint density at radius 2 is 2.36 bits per heavy atom. The summed E-state index contributed by atoms with van der Waals surface area (Å²) in [6.45, 7) is 6.50. The normalized spacial score (nSPS) is 31.4. The molecule has 11 heavy (non-hydrogen) atoms. The Kier molecular flexibility index (Phi) is 2.42. The lowest BCUT2D eigenvalue weighted by Gasteiger charge is -2.30. The highest BCUT2D eigenvalue weighted by molar-refractivity contribution is 5.96. The van der Waals surface area contributed by atoms with Crippen LogP contribution >= 0.6 is 0 Å². The summed E-state index contributed by atoms with van der Waals surface area (Å²) in [6, 6.07) is 0. The van der Waals surface area contributed by atoms with Crippen LogP contribution in [-0.2, 0) is 14.3 Å². The Labute approximate surface area is 66.0 Å². The predicted octanol–water partition coefficient (Wildman–Crippen LogP) is 0.547. The molecule has 1 rings (SSSR count). The van der Waals surface area contributed by atoms with Gasteiger partial charge in [-0.3, -0.25) is 4.79 Å². The number of hydrogen-bond acceptors (Lipinski definition) is 3. The van der Waals surface area contributed by atoms with E-state index in [-0.39, 0.29) is 5.78 Å². The molecular formula is C8H12O3. The third-order valence-corrected chi connectivity index (χ3v) is 1.73. The third kappa shape index (κ3) is 1.67. The van der Waals surface area contributed by atoms with E-state index in [1.165, 1.54) is 6.08 Å². The zero-order valence-electron chi connectivity index (χ0n) is 6.63. The molecule has 1 aliphatic rings. The van der Waals surface area contributed by atoms with E-state index >= 15 is 0 Å². The van der Waals surface area contributed by atoms with E-state index in [1.807, 2.05) is 0 Å². The van der Waals surface area contributed by atoms with Crippen molar-refractivity contribution in [2.75, 3.05) is 19.8 Å². The first kappa shape index (κ1) is 8.43. The van der Waals surface area contributed by atoms with Gasteiger partial charge in [-0.25, -0.2) is 0 Å². The summed E-state index contributed by atoms with van der Waals surface area (Å²) in [4.78, 5) is 11.2. The lowest BCUT2D eigenvalue weighted by Crippen LogP contribution is -2.46. The van der Waals surface area contributed by atoms with Gasteiger partial charge >= 0.3 is 0 Å². The van der Waals surface area contributed by atoms with E-state index in [1.54, 1.807) is 6.92 Å². The molecule has 1 aliphatic heterocycles. The largest absolute Gasteiger partial charge is 0.376 e. The maximum atomic E-state index is 11.2. The first-order valence-electron chi connectivity index (χ1n) is 3.57. The lowest BCUT2D eigenvalue weighted by molar-refractivity contribution is -0.166. The van der Waals surface area contributed by atoms with Crippen molar-refractivity contribution in [2.24, 2.45) is 0 Å². The Morgan fingerprint density at radius 1 is 1.64 bits per heavy atom. The van der Waals surface area contributed by atoms with Gasteiger partial charge in [0.25, 0.3) is 0 Å². The number of carbonyl (C=O) groups is 1. The SMILES string of the molecule is C=CC(=O)C1(C)COCCO1. The van der Waals surface area contributed by atoms with E-state index in [0.717, 1.165) is 0 Å². The highest BCUT2D eigenvalue weighted by atomic mass is 16.6. The number of ether oxygens (including phenoxy) is 2. The summed E-state index contributed by atoms with van der Waals surface area (Å²) in [5, 5.41) is 0. The van der Waals surface area contributed by atoms with Crippen molar-refractivity contribution in [1.29, 1.82) is 0 Å². The molecule has 1 unspecified atom stereocenters. The van der Waals surface area contributed by atoms with E-state index in [2.05, 4.69) is 6.58 Å². The quantitative estimate of drug-likeness (QED) is 0.547. The molecule has 1 saturated heterocycles. The third-order valence-electron chi connectivity index (χ3n) is 1.73. The molecule has 0 N–H and O–H groups in total. The van der Waals surface area contributed by atoms with E-state index < -0.39 is 5.60 Å². The van der Waals surface area contributed by atoms with Crippen molar-refractivity contribution in [2.45, 2.75) is 12.5 Å². The fourth-order valence-electron chi connectivity index (χ4n) is 0.993. The first-order chi connectivity index (χ1) is 5.19. The van der Waals surface area contributed by atoms with Crippen molar-refractivity contribution in [3.63, 3.8) is 0 Å². The molecule has 1 atom stereocenters. The Bertz CT molecular complexity index is 168. The minimum Gasteiger partial charge on any atom is -0.376 e. The highest BCUT2D eigenvalue weighted by Gasteiger charge is 2.34. The average molecular weight is 156 g/mol. The predicted molar refractivity (Wildman–Crippen MR) is 40.4 cm³/mol. The van der Waals surface area contributed by atoms with Crippen LogP contribution in [0.3, 0.4) is 0 Å². The van der Waals surface area contributed by atoms with E-state index in [9.17, 15) is 4.79 Å². The molecule has 0 aromatic carbocycles. The summed E-state index contributed by atoms with van der Waals surface area (Å²) in [6.07, 6.45) is 1.27. The number of rotatable bonds is 2. The molecule has 0 bridgehead atoms. The van der Waals surface area contributed by atoms with Gasteiger partial charge in [-0.1, -0.05) is 6.58 Å². The molecule has 3 nitrogen and oxygen atoms in total. The maximum Gasteiger partial charge on any atom is 0.188 e. The standard InChI is InChI=1S/C8H12O3/c1-3-7(9)8(2)6-10-4-5-11-8/h3H,1,4-6H2,2H3. The Hall–Kier alpha value is -0.670. The molecule has 0 aromatic heterocycles. The van der Waals surface area contributed by atoms with E-state index in [0.29, 0.717) is 19.8 Å². The molecule has 0 radical (unpaired) electrons. The van der Waals surface area contributed by atoms with Crippen LogP contribution in [0.4, 0.5) is 0 Å². The lowest BCUT2D eigenvalue weighted by atomic mass is 10.0. The maximum absolute atomic E-state index is 11.2. The molecule has 1 heterocycles. The van der Waals surface area contributed by atoms with E-state index in [4.69, 9.17) is 9.47 Å². The molecule has 0 aromatic rings. The van der Waals surface area contributed by atoms with Gasteiger partial charge in [-0.05, 0) is 13.0 Å². The molecule has 0 amide bonds. The second-order valence-corrected chi connectivity index (χ2v) is 2.70. The van der Waals surface area contributed by atoms with Gasteiger partial charge in [0, 0.05) is 0 Å². The number of hydrogen-bond donors (Lipinski definition) is 0. The minimum absolute atomic E-state index is 0.114. The van der Waals surface area contributed by atoms with Crippen molar-refractivity contribution in [3.05, 3.63) is 12.7 Å². The second kappa shape index (κ2) is 3.15. The smallest absolute Gasteiger partial charge is 0.188 e. The van der Waals surface area contributed by atoms with Crippen LogP contribution in [0.5, 0.6) is 0 Å². The van der Waals surface area contributed by atoms with Crippen LogP contribution in [0.1, 0.15) is 6.92 Å². The van der Waals surface area contributed by atoms with Crippen LogP contribution in [0, 0.1) is 0 Å². The van der Waals surface area contributed by atoms with Crippen LogP contribution in [0.2, 0.25) is 0 Å². The van der Waals surface area contributed by atoms with Gasteiger partial charge in [0.15, 0.2) is 11.4 Å². The summed E-state index contributed by atoms with van der Waals surface area (Å²) in [5.74, 6) is -0.114. The number of ketones is 1. The summed E-state index contributed by atoms with van der Waals surface area (Å²) >= 11 is 0. The summed E-state index contributed by atoms with van der Waals surface area (Å²) < 4.78 is 10.4. The van der Waals surface area contributed by atoms with Gasteiger partial charge in [-0.2, -0.15) is 0 Å². The zero-order chi connectivity index (χ0) is 8.32. The average Bonchev–Trinajstić information content (AvgIpc) is 2.04. The topological polar surface area (TPSA) is 35.5 Å². The molecule has 3 heteroatoms. The van der Waals surface area contributed by atoms with Crippen LogP contribution < -0.4 is 0 Å². The summed E-state index contributed by atoms with van der Waals surface area (Å²) in [5.41, 5.74) is -0.792. The molecule has 62 valence electrons. The monoisotopic (exact) mass is 156 g/mol. The molecule has 1 fully saturated rings. The zero-order valence-corrected chi connectivity index (χ0v) is 6.63. The van der Waals surface area contributed by atoms with Gasteiger partial charge in [0.1, 0.15) is 0 Å². The Balaban J connectivity index is 2.63. The number of carbonyl (C=O) groups excluding carboxylic acids is 1. The van der Waals surface area contributed by atoms with Crippen molar-refractivity contribution >= 4 is 5.78 Å². The van der Waals surface area contributed by atoms with Gasteiger partial charge in [0.2, 0.25) is 0 Å². The first-order valence-corrected chi connectivity index (χ1v) is 3.57. The van der Waals surface area contributed by atoms with Crippen molar-refractivity contribution in [3.8, 4) is 0 Å². The van der Waals surface area contributed by atoms with Crippen molar-refractivity contribution < 1.29 is 14.3 Å². The van der Waals surface area contributed by atoms with Gasteiger partial charge in [-0.15, -0.1) is 0 Å².